The summed E-state index contributed by atoms with van der Waals surface area (Å²) in [5.74, 6) is 1.12. The second kappa shape index (κ2) is 5.88. The third-order valence-electron chi connectivity index (χ3n) is 3.53. The van der Waals surface area contributed by atoms with E-state index < -0.39 is 0 Å². The summed E-state index contributed by atoms with van der Waals surface area (Å²) < 4.78 is 5.81. The lowest BCUT2D eigenvalue weighted by Crippen LogP contribution is -2.46. The molecule has 1 saturated heterocycles. The second-order valence-electron chi connectivity index (χ2n) is 5.58. The predicted octanol–water partition coefficient (Wildman–Crippen LogP) is 2.03. The van der Waals surface area contributed by atoms with Gasteiger partial charge in [0.05, 0.1) is 12.2 Å². The van der Waals surface area contributed by atoms with Crippen LogP contribution in [0.1, 0.15) is 30.7 Å². The molecule has 4 nitrogen and oxygen atoms in total. The Hall–Kier alpha value is -1.13. The van der Waals surface area contributed by atoms with Crippen LogP contribution in [-0.4, -0.2) is 37.3 Å². The molecule has 4 heteroatoms. The molecular formula is C15H25N3O. The molecule has 0 bridgehead atoms. The maximum Gasteiger partial charge on any atom is 0.133 e. The lowest BCUT2D eigenvalue weighted by atomic mass is 10.1. The van der Waals surface area contributed by atoms with Gasteiger partial charge in [-0.05, 0) is 46.4 Å². The van der Waals surface area contributed by atoms with Crippen LogP contribution >= 0.6 is 0 Å². The van der Waals surface area contributed by atoms with Gasteiger partial charge in [-0.25, -0.2) is 4.98 Å². The lowest BCUT2D eigenvalue weighted by Gasteiger charge is -2.37. The number of rotatable bonds is 3. The van der Waals surface area contributed by atoms with E-state index in [1.54, 1.807) is 0 Å². The highest BCUT2D eigenvalue weighted by atomic mass is 16.5. The minimum Gasteiger partial charge on any atom is -0.372 e. The number of morpholine rings is 1. The van der Waals surface area contributed by atoms with Crippen molar-refractivity contribution in [3.63, 3.8) is 0 Å². The highest BCUT2D eigenvalue weighted by Gasteiger charge is 2.25. The van der Waals surface area contributed by atoms with Gasteiger partial charge in [-0.1, -0.05) is 0 Å². The van der Waals surface area contributed by atoms with Crippen LogP contribution in [0, 0.1) is 13.8 Å². The summed E-state index contributed by atoms with van der Waals surface area (Å²) in [6.07, 6.45) is 0.516. The normalized spacial score (nSPS) is 23.7. The lowest BCUT2D eigenvalue weighted by molar-refractivity contribution is -0.00552. The summed E-state index contributed by atoms with van der Waals surface area (Å²) in [5.41, 5.74) is 3.69. The van der Waals surface area contributed by atoms with E-state index in [1.165, 1.54) is 11.1 Å². The highest BCUT2D eigenvalue weighted by Crippen LogP contribution is 2.25. The zero-order chi connectivity index (χ0) is 14.0. The molecule has 1 N–H and O–H groups in total. The molecule has 0 aliphatic carbocycles. The number of hydrogen-bond acceptors (Lipinski definition) is 4. The molecule has 1 aromatic heterocycles. The summed E-state index contributed by atoms with van der Waals surface area (Å²) >= 11 is 0. The van der Waals surface area contributed by atoms with Crippen molar-refractivity contribution in [2.24, 2.45) is 0 Å². The van der Waals surface area contributed by atoms with E-state index in [-0.39, 0.29) is 12.2 Å². The zero-order valence-electron chi connectivity index (χ0n) is 12.7. The van der Waals surface area contributed by atoms with Gasteiger partial charge in [0.1, 0.15) is 5.82 Å². The summed E-state index contributed by atoms with van der Waals surface area (Å²) in [5, 5.41) is 3.25. The molecule has 0 amide bonds. The Morgan fingerprint density at radius 2 is 1.95 bits per heavy atom. The van der Waals surface area contributed by atoms with Gasteiger partial charge in [0.2, 0.25) is 0 Å². The summed E-state index contributed by atoms with van der Waals surface area (Å²) in [6.45, 7) is 11.2. The second-order valence-corrected chi connectivity index (χ2v) is 5.58. The van der Waals surface area contributed by atoms with Gasteiger partial charge in [-0.3, -0.25) is 0 Å². The van der Waals surface area contributed by atoms with E-state index in [0.717, 1.165) is 31.1 Å². The minimum atomic E-state index is 0.258. The van der Waals surface area contributed by atoms with Gasteiger partial charge < -0.3 is 15.0 Å². The molecule has 1 aliphatic rings. The van der Waals surface area contributed by atoms with E-state index in [1.807, 2.05) is 7.05 Å². The van der Waals surface area contributed by atoms with Gasteiger partial charge >= 0.3 is 0 Å². The molecule has 0 radical (unpaired) electrons. The predicted molar refractivity (Wildman–Crippen MR) is 78.7 cm³/mol. The Morgan fingerprint density at radius 3 is 2.53 bits per heavy atom. The van der Waals surface area contributed by atoms with Crippen molar-refractivity contribution >= 4 is 5.82 Å². The number of anilines is 1. The van der Waals surface area contributed by atoms with Crippen LogP contribution in [0.2, 0.25) is 0 Å². The van der Waals surface area contributed by atoms with Crippen LogP contribution in [0.3, 0.4) is 0 Å². The molecule has 19 heavy (non-hydrogen) atoms. The largest absolute Gasteiger partial charge is 0.372 e. The van der Waals surface area contributed by atoms with Crippen molar-refractivity contribution in [2.75, 3.05) is 25.0 Å². The number of nitrogens with one attached hydrogen (secondary N) is 1. The van der Waals surface area contributed by atoms with Gasteiger partial charge in [0.15, 0.2) is 0 Å². The SMILES string of the molecule is CNCc1c(C)cc(C)nc1N1CC(C)OC(C)C1. The van der Waals surface area contributed by atoms with Gasteiger partial charge in [0.25, 0.3) is 0 Å². The smallest absolute Gasteiger partial charge is 0.133 e. The monoisotopic (exact) mass is 263 g/mol. The first-order valence-electron chi connectivity index (χ1n) is 7.03. The van der Waals surface area contributed by atoms with Crippen molar-refractivity contribution in [3.8, 4) is 0 Å². The fourth-order valence-corrected chi connectivity index (χ4v) is 2.85. The molecule has 106 valence electrons. The molecule has 2 unspecified atom stereocenters. The molecule has 1 aromatic rings. The number of ether oxygens (including phenoxy) is 1. The average Bonchev–Trinajstić information content (AvgIpc) is 2.31. The maximum atomic E-state index is 5.81. The highest BCUT2D eigenvalue weighted by molar-refractivity contribution is 5.52. The Labute approximate surface area is 116 Å². The van der Waals surface area contributed by atoms with Gasteiger partial charge in [-0.15, -0.1) is 0 Å². The number of nitrogens with zero attached hydrogens (tertiary/aromatic N) is 2. The summed E-state index contributed by atoms with van der Waals surface area (Å²) in [4.78, 5) is 7.14. The zero-order valence-corrected chi connectivity index (χ0v) is 12.7. The number of pyridine rings is 1. The van der Waals surface area contributed by atoms with E-state index in [9.17, 15) is 0 Å². The first-order valence-corrected chi connectivity index (χ1v) is 7.03. The van der Waals surface area contributed by atoms with E-state index in [0.29, 0.717) is 0 Å². The topological polar surface area (TPSA) is 37.4 Å². The van der Waals surface area contributed by atoms with Crippen molar-refractivity contribution < 1.29 is 4.74 Å². The Balaban J connectivity index is 2.36. The van der Waals surface area contributed by atoms with Crippen molar-refractivity contribution in [1.82, 2.24) is 10.3 Å². The van der Waals surface area contributed by atoms with Gasteiger partial charge in [-0.2, -0.15) is 0 Å². The van der Waals surface area contributed by atoms with Crippen LogP contribution in [-0.2, 0) is 11.3 Å². The molecule has 0 aromatic carbocycles. The average molecular weight is 263 g/mol. The van der Waals surface area contributed by atoms with Crippen LogP contribution in [0.4, 0.5) is 5.82 Å². The molecule has 2 atom stereocenters. The third-order valence-corrected chi connectivity index (χ3v) is 3.53. The summed E-state index contributed by atoms with van der Waals surface area (Å²) in [7, 11) is 1.98. The van der Waals surface area contributed by atoms with E-state index in [4.69, 9.17) is 9.72 Å². The number of aryl methyl sites for hydroxylation is 2. The fourth-order valence-electron chi connectivity index (χ4n) is 2.85. The molecule has 1 fully saturated rings. The standard InChI is InChI=1S/C15H25N3O/c1-10-6-11(2)17-15(14(10)7-16-5)18-8-12(3)19-13(4)9-18/h6,12-13,16H,7-9H2,1-5H3. The first-order chi connectivity index (χ1) is 9.01. The van der Waals surface area contributed by atoms with Gasteiger partial charge in [0, 0.05) is 30.9 Å². The van der Waals surface area contributed by atoms with Crippen LogP contribution in [0.25, 0.3) is 0 Å². The molecular weight excluding hydrogens is 238 g/mol. The Morgan fingerprint density at radius 1 is 1.32 bits per heavy atom. The number of aromatic nitrogens is 1. The molecule has 0 saturated carbocycles. The quantitative estimate of drug-likeness (QED) is 0.905. The van der Waals surface area contributed by atoms with Crippen LogP contribution in [0.15, 0.2) is 6.07 Å². The van der Waals surface area contributed by atoms with Crippen molar-refractivity contribution in [3.05, 3.63) is 22.9 Å². The third kappa shape index (κ3) is 3.25. The molecule has 0 spiro atoms. The fraction of sp³-hybridized carbons (Fsp3) is 0.667. The van der Waals surface area contributed by atoms with E-state index >= 15 is 0 Å². The molecule has 2 rings (SSSR count). The van der Waals surface area contributed by atoms with Crippen LogP contribution < -0.4 is 10.2 Å². The minimum absolute atomic E-state index is 0.258. The molecule has 2 heterocycles. The van der Waals surface area contributed by atoms with Crippen molar-refractivity contribution in [2.45, 2.75) is 46.4 Å². The van der Waals surface area contributed by atoms with Crippen molar-refractivity contribution in [1.29, 1.82) is 0 Å². The summed E-state index contributed by atoms with van der Waals surface area (Å²) in [6, 6.07) is 2.16. The van der Waals surface area contributed by atoms with E-state index in [2.05, 4.69) is 44.0 Å². The Bertz CT molecular complexity index is 437. The first kappa shape index (κ1) is 14.3. The maximum absolute atomic E-state index is 5.81. The molecule has 1 aliphatic heterocycles. The number of hydrogen-bond donors (Lipinski definition) is 1. The Kier molecular flexibility index (Phi) is 4.42. The van der Waals surface area contributed by atoms with Crippen LogP contribution in [0.5, 0.6) is 0 Å².